The Balaban J connectivity index is 1.38. The van der Waals surface area contributed by atoms with Gasteiger partial charge >= 0.3 is 11.3 Å². The molecule has 0 bridgehead atoms. The van der Waals surface area contributed by atoms with E-state index in [-0.39, 0.29) is 0 Å². The molecule has 2 heterocycles. The van der Waals surface area contributed by atoms with E-state index in [1.807, 2.05) is 60.7 Å². The molecule has 1 spiro atoms. The molecule has 0 radical (unpaired) electrons. The SMILES string of the molecule is COc1ccc2c(c1)Oc1cc(OC(=O)SSc3ccccc3)ccc1C21OC(=O)c2ccccc21. The molecule has 4 aromatic carbocycles. The molecule has 4 aromatic rings. The first-order chi connectivity index (χ1) is 17.6. The standard InChI is InChI=1S/C28H18O6S2/c1-31-17-11-13-22-24(15-17)33-25-16-18(32-27(30)36-35-19-7-3-2-4-8-19)12-14-23(25)28(22)21-10-6-5-9-20(21)26(29)34-28/h2-16H,1H3. The molecule has 36 heavy (non-hydrogen) atoms. The number of benzene rings is 4. The van der Waals surface area contributed by atoms with Crippen molar-refractivity contribution in [3.8, 4) is 23.0 Å². The van der Waals surface area contributed by atoms with E-state index in [0.717, 1.165) is 21.3 Å². The number of fused-ring (bicyclic) bond motifs is 6. The Bertz CT molecular complexity index is 1500. The Kier molecular flexibility index (Phi) is 5.62. The van der Waals surface area contributed by atoms with Crippen molar-refractivity contribution >= 4 is 32.9 Å². The summed E-state index contributed by atoms with van der Waals surface area (Å²) < 4.78 is 23.3. The highest BCUT2D eigenvalue weighted by molar-refractivity contribution is 8.82. The van der Waals surface area contributed by atoms with Gasteiger partial charge in [-0.15, -0.1) is 0 Å². The molecule has 178 valence electrons. The van der Waals surface area contributed by atoms with Gasteiger partial charge in [0.05, 0.1) is 12.7 Å². The van der Waals surface area contributed by atoms with Crippen molar-refractivity contribution in [2.75, 3.05) is 7.11 Å². The number of carbonyl (C=O) groups excluding carboxylic acids is 2. The fourth-order valence-electron chi connectivity index (χ4n) is 4.50. The van der Waals surface area contributed by atoms with Crippen LogP contribution in [-0.2, 0) is 10.3 Å². The summed E-state index contributed by atoms with van der Waals surface area (Å²) in [4.78, 5) is 26.4. The van der Waals surface area contributed by atoms with Crippen LogP contribution >= 0.6 is 21.6 Å². The topological polar surface area (TPSA) is 71.1 Å². The predicted molar refractivity (Wildman–Crippen MR) is 137 cm³/mol. The van der Waals surface area contributed by atoms with Crippen LogP contribution in [-0.4, -0.2) is 18.4 Å². The predicted octanol–water partition coefficient (Wildman–Crippen LogP) is 7.20. The lowest BCUT2D eigenvalue weighted by Gasteiger charge is -2.36. The van der Waals surface area contributed by atoms with E-state index < -0.39 is 16.9 Å². The molecule has 0 fully saturated rings. The van der Waals surface area contributed by atoms with E-state index in [0.29, 0.717) is 39.7 Å². The second-order valence-corrected chi connectivity index (χ2v) is 10.2. The van der Waals surface area contributed by atoms with E-state index in [2.05, 4.69) is 0 Å². The number of rotatable bonds is 4. The van der Waals surface area contributed by atoms with E-state index in [1.54, 1.807) is 37.4 Å². The van der Waals surface area contributed by atoms with E-state index >= 15 is 0 Å². The zero-order chi connectivity index (χ0) is 24.7. The lowest BCUT2D eigenvalue weighted by atomic mass is 9.77. The Morgan fingerprint density at radius 1 is 0.806 bits per heavy atom. The highest BCUT2D eigenvalue weighted by atomic mass is 33.1. The maximum atomic E-state index is 12.9. The summed E-state index contributed by atoms with van der Waals surface area (Å²) in [5, 5.41) is -0.464. The van der Waals surface area contributed by atoms with Gasteiger partial charge in [-0.1, -0.05) is 36.4 Å². The van der Waals surface area contributed by atoms with E-state index in [9.17, 15) is 9.59 Å². The smallest absolute Gasteiger partial charge is 0.383 e. The number of esters is 1. The minimum Gasteiger partial charge on any atom is -0.497 e. The molecule has 0 aliphatic carbocycles. The van der Waals surface area contributed by atoms with Crippen LogP contribution in [0.3, 0.4) is 0 Å². The molecule has 8 heteroatoms. The summed E-state index contributed by atoms with van der Waals surface area (Å²) in [6.45, 7) is 0. The Morgan fingerprint density at radius 3 is 2.22 bits per heavy atom. The number of ether oxygens (including phenoxy) is 4. The van der Waals surface area contributed by atoms with Gasteiger partial charge in [0.25, 0.3) is 0 Å². The summed E-state index contributed by atoms with van der Waals surface area (Å²) in [7, 11) is 3.88. The maximum absolute atomic E-state index is 12.9. The van der Waals surface area contributed by atoms with Crippen molar-refractivity contribution in [3.05, 3.63) is 113 Å². The van der Waals surface area contributed by atoms with Gasteiger partial charge in [0.2, 0.25) is 0 Å². The van der Waals surface area contributed by atoms with Gasteiger partial charge in [-0.05, 0) is 53.3 Å². The highest BCUT2D eigenvalue weighted by Gasteiger charge is 2.53. The second kappa shape index (κ2) is 8.96. The van der Waals surface area contributed by atoms with Crippen molar-refractivity contribution < 1.29 is 28.5 Å². The third-order valence-electron chi connectivity index (χ3n) is 6.04. The number of hydrogen-bond donors (Lipinski definition) is 0. The summed E-state index contributed by atoms with van der Waals surface area (Å²) >= 11 is 0. The maximum Gasteiger partial charge on any atom is 0.383 e. The van der Waals surface area contributed by atoms with Gasteiger partial charge in [-0.2, -0.15) is 0 Å². The van der Waals surface area contributed by atoms with Crippen LogP contribution in [0.4, 0.5) is 4.79 Å². The molecule has 1 unspecified atom stereocenters. The zero-order valence-corrected chi connectivity index (χ0v) is 20.6. The minimum absolute atomic E-state index is 0.319. The molecule has 0 amide bonds. The molecule has 0 saturated heterocycles. The molecule has 6 nitrogen and oxygen atoms in total. The first-order valence-corrected chi connectivity index (χ1v) is 13.2. The molecule has 2 aliphatic rings. The first-order valence-electron chi connectivity index (χ1n) is 11.0. The Morgan fingerprint density at radius 2 is 1.47 bits per heavy atom. The molecule has 0 N–H and O–H groups in total. The van der Waals surface area contributed by atoms with Gasteiger partial charge in [0, 0.05) is 44.5 Å². The largest absolute Gasteiger partial charge is 0.497 e. The molecule has 0 aromatic heterocycles. The molecule has 2 aliphatic heterocycles. The monoisotopic (exact) mass is 514 g/mol. The Labute approximate surface area is 214 Å². The van der Waals surface area contributed by atoms with Crippen LogP contribution in [0.2, 0.25) is 0 Å². The normalized spacial score (nSPS) is 16.9. The van der Waals surface area contributed by atoms with Crippen LogP contribution in [0.1, 0.15) is 27.0 Å². The number of methoxy groups -OCH3 is 1. The average molecular weight is 515 g/mol. The van der Waals surface area contributed by atoms with Gasteiger partial charge < -0.3 is 18.9 Å². The van der Waals surface area contributed by atoms with Gasteiger partial charge in [-0.25, -0.2) is 9.59 Å². The van der Waals surface area contributed by atoms with E-state index in [1.165, 1.54) is 10.8 Å². The van der Waals surface area contributed by atoms with Crippen LogP contribution in [0.15, 0.2) is 95.9 Å². The third-order valence-corrected chi connectivity index (χ3v) is 8.05. The van der Waals surface area contributed by atoms with Gasteiger partial charge in [-0.3, -0.25) is 0 Å². The first kappa shape index (κ1) is 22.6. The third kappa shape index (κ3) is 3.70. The minimum atomic E-state index is -1.19. The molecular weight excluding hydrogens is 496 g/mol. The van der Waals surface area contributed by atoms with Crippen molar-refractivity contribution in [1.29, 1.82) is 0 Å². The van der Waals surface area contributed by atoms with Gasteiger partial charge in [0.15, 0.2) is 5.60 Å². The van der Waals surface area contributed by atoms with Gasteiger partial charge in [0.1, 0.15) is 23.0 Å². The van der Waals surface area contributed by atoms with Crippen LogP contribution < -0.4 is 14.2 Å². The van der Waals surface area contributed by atoms with Crippen LogP contribution in [0, 0.1) is 0 Å². The summed E-state index contributed by atoms with van der Waals surface area (Å²) in [5.74, 6) is 1.42. The fourth-order valence-corrected chi connectivity index (χ4v) is 5.99. The molecule has 1 atom stereocenters. The van der Waals surface area contributed by atoms with Crippen molar-refractivity contribution in [2.45, 2.75) is 10.5 Å². The number of carbonyl (C=O) groups is 2. The lowest BCUT2D eigenvalue weighted by Crippen LogP contribution is -2.33. The lowest BCUT2D eigenvalue weighted by molar-refractivity contribution is 0.0224. The highest BCUT2D eigenvalue weighted by Crippen LogP contribution is 2.57. The number of hydrogen-bond acceptors (Lipinski definition) is 8. The zero-order valence-electron chi connectivity index (χ0n) is 18.9. The summed E-state index contributed by atoms with van der Waals surface area (Å²) in [6.07, 6.45) is 0. The van der Waals surface area contributed by atoms with Crippen molar-refractivity contribution in [2.24, 2.45) is 0 Å². The van der Waals surface area contributed by atoms with E-state index in [4.69, 9.17) is 18.9 Å². The molecular formula is C28H18O6S2. The summed E-state index contributed by atoms with van der Waals surface area (Å²) in [5.41, 5.74) is 1.37. The summed E-state index contributed by atoms with van der Waals surface area (Å²) in [6, 6.07) is 27.4. The van der Waals surface area contributed by atoms with Crippen LogP contribution in [0.5, 0.6) is 23.0 Å². The molecule has 6 rings (SSSR count). The average Bonchev–Trinajstić information content (AvgIpc) is 3.20. The van der Waals surface area contributed by atoms with Crippen molar-refractivity contribution in [1.82, 2.24) is 0 Å². The van der Waals surface area contributed by atoms with Crippen molar-refractivity contribution in [3.63, 3.8) is 0 Å². The Hall–Kier alpha value is -3.88. The second-order valence-electron chi connectivity index (χ2n) is 8.07. The fraction of sp³-hybridized carbons (Fsp3) is 0.0714. The van der Waals surface area contributed by atoms with Crippen LogP contribution in [0.25, 0.3) is 0 Å². The molecule has 0 saturated carbocycles. The quantitative estimate of drug-likeness (QED) is 0.209.